The van der Waals surface area contributed by atoms with Gasteiger partial charge in [-0.15, -0.1) is 0 Å². The maximum atomic E-state index is 8.97. The van der Waals surface area contributed by atoms with Gasteiger partial charge in [0.05, 0.1) is 12.7 Å². The summed E-state index contributed by atoms with van der Waals surface area (Å²) >= 11 is 0. The van der Waals surface area contributed by atoms with Crippen LogP contribution in [0.25, 0.3) is 0 Å². The first-order valence-electron chi connectivity index (χ1n) is 7.12. The molecule has 1 heterocycles. The minimum absolute atomic E-state index is 0.473. The van der Waals surface area contributed by atoms with Gasteiger partial charge in [-0.05, 0) is 43.4 Å². The quantitative estimate of drug-likeness (QED) is 0.896. The number of rotatable bonds is 5. The van der Waals surface area contributed by atoms with E-state index in [1.54, 1.807) is 7.11 Å². The standard InChI is InChI=1S/C16H22N2O2/c1-12(14-5-7-20-8-6-14)18-11-13-3-4-15(10-17)16(9-13)19-2/h3-4,9,12,14,18H,5-8,11H2,1-2H3. The number of ether oxygens (including phenoxy) is 2. The van der Waals surface area contributed by atoms with Crippen LogP contribution in [0.4, 0.5) is 0 Å². The summed E-state index contributed by atoms with van der Waals surface area (Å²) in [5.74, 6) is 1.33. The summed E-state index contributed by atoms with van der Waals surface area (Å²) in [5, 5.41) is 12.5. The van der Waals surface area contributed by atoms with Gasteiger partial charge in [0.25, 0.3) is 0 Å². The van der Waals surface area contributed by atoms with Gasteiger partial charge in [-0.2, -0.15) is 5.26 Å². The maximum Gasteiger partial charge on any atom is 0.136 e. The number of hydrogen-bond donors (Lipinski definition) is 1. The van der Waals surface area contributed by atoms with Crippen LogP contribution in [0.5, 0.6) is 5.75 Å². The lowest BCUT2D eigenvalue weighted by Crippen LogP contribution is -2.36. The van der Waals surface area contributed by atoms with E-state index >= 15 is 0 Å². The highest BCUT2D eigenvalue weighted by Crippen LogP contribution is 2.21. The Kier molecular flexibility index (Phi) is 5.40. The molecule has 20 heavy (non-hydrogen) atoms. The van der Waals surface area contributed by atoms with Gasteiger partial charge in [0.15, 0.2) is 0 Å². The molecule has 1 aromatic carbocycles. The van der Waals surface area contributed by atoms with Crippen molar-refractivity contribution in [3.05, 3.63) is 29.3 Å². The van der Waals surface area contributed by atoms with E-state index in [-0.39, 0.29) is 0 Å². The highest BCUT2D eigenvalue weighted by molar-refractivity contribution is 5.45. The van der Waals surface area contributed by atoms with Crippen molar-refractivity contribution in [2.24, 2.45) is 5.92 Å². The predicted molar refractivity (Wildman–Crippen MR) is 77.6 cm³/mol. The second kappa shape index (κ2) is 7.28. The molecule has 1 unspecified atom stereocenters. The lowest BCUT2D eigenvalue weighted by molar-refractivity contribution is 0.0558. The Bertz CT molecular complexity index is 476. The summed E-state index contributed by atoms with van der Waals surface area (Å²) < 4.78 is 10.6. The molecule has 1 aliphatic rings. The molecule has 0 spiro atoms. The Morgan fingerprint density at radius 3 is 2.85 bits per heavy atom. The van der Waals surface area contributed by atoms with Crippen molar-refractivity contribution in [3.8, 4) is 11.8 Å². The van der Waals surface area contributed by atoms with Gasteiger partial charge in [-0.1, -0.05) is 6.07 Å². The summed E-state index contributed by atoms with van der Waals surface area (Å²) in [5.41, 5.74) is 1.72. The molecule has 1 aliphatic heterocycles. The minimum atomic E-state index is 0.473. The van der Waals surface area contributed by atoms with Crippen LogP contribution in [0.1, 0.15) is 30.9 Å². The van der Waals surface area contributed by atoms with Crippen LogP contribution in [0.15, 0.2) is 18.2 Å². The van der Waals surface area contributed by atoms with Crippen molar-refractivity contribution in [2.75, 3.05) is 20.3 Å². The molecule has 108 valence electrons. The zero-order valence-electron chi connectivity index (χ0n) is 12.2. The fraction of sp³-hybridized carbons (Fsp3) is 0.562. The fourth-order valence-corrected chi connectivity index (χ4v) is 2.60. The molecule has 2 rings (SSSR count). The third-order valence-electron chi connectivity index (χ3n) is 3.99. The monoisotopic (exact) mass is 274 g/mol. The number of nitrogens with one attached hydrogen (secondary N) is 1. The summed E-state index contributed by atoms with van der Waals surface area (Å²) in [6, 6.07) is 8.33. The van der Waals surface area contributed by atoms with E-state index in [2.05, 4.69) is 18.3 Å². The third-order valence-corrected chi connectivity index (χ3v) is 3.99. The second-order valence-electron chi connectivity index (χ2n) is 5.27. The van der Waals surface area contributed by atoms with Crippen molar-refractivity contribution in [2.45, 2.75) is 32.4 Å². The Labute approximate surface area is 120 Å². The molecule has 1 atom stereocenters. The van der Waals surface area contributed by atoms with E-state index < -0.39 is 0 Å². The lowest BCUT2D eigenvalue weighted by Gasteiger charge is -2.28. The number of nitrogens with zero attached hydrogens (tertiary/aromatic N) is 1. The van der Waals surface area contributed by atoms with Crippen LogP contribution in [0.3, 0.4) is 0 Å². The SMILES string of the molecule is COc1cc(CNC(C)C2CCOCC2)ccc1C#N. The van der Waals surface area contributed by atoms with Crippen LogP contribution in [0, 0.1) is 17.2 Å². The molecule has 0 aliphatic carbocycles. The van der Waals surface area contributed by atoms with Gasteiger partial charge in [-0.3, -0.25) is 0 Å². The van der Waals surface area contributed by atoms with E-state index in [4.69, 9.17) is 14.7 Å². The minimum Gasteiger partial charge on any atom is -0.495 e. The maximum absolute atomic E-state index is 8.97. The number of hydrogen-bond acceptors (Lipinski definition) is 4. The highest BCUT2D eigenvalue weighted by atomic mass is 16.5. The molecule has 4 nitrogen and oxygen atoms in total. The van der Waals surface area contributed by atoms with Crippen molar-refractivity contribution < 1.29 is 9.47 Å². The van der Waals surface area contributed by atoms with Crippen molar-refractivity contribution >= 4 is 0 Å². The predicted octanol–water partition coefficient (Wildman–Crippen LogP) is 2.47. The largest absolute Gasteiger partial charge is 0.495 e. The van der Waals surface area contributed by atoms with Crippen molar-refractivity contribution in [1.29, 1.82) is 5.26 Å². The molecule has 0 radical (unpaired) electrons. The van der Waals surface area contributed by atoms with Gasteiger partial charge in [0.2, 0.25) is 0 Å². The number of benzene rings is 1. The first kappa shape index (κ1) is 14.8. The van der Waals surface area contributed by atoms with E-state index in [0.29, 0.717) is 23.3 Å². The van der Waals surface area contributed by atoms with Gasteiger partial charge in [0, 0.05) is 25.8 Å². The van der Waals surface area contributed by atoms with Crippen LogP contribution < -0.4 is 10.1 Å². The zero-order valence-corrected chi connectivity index (χ0v) is 12.2. The zero-order chi connectivity index (χ0) is 14.4. The van der Waals surface area contributed by atoms with Crippen molar-refractivity contribution in [3.63, 3.8) is 0 Å². The molecule has 1 saturated heterocycles. The average Bonchev–Trinajstić information content (AvgIpc) is 2.53. The number of nitriles is 1. The Balaban J connectivity index is 1.91. The number of methoxy groups -OCH3 is 1. The third kappa shape index (κ3) is 3.72. The molecule has 1 fully saturated rings. The molecule has 1 N–H and O–H groups in total. The highest BCUT2D eigenvalue weighted by Gasteiger charge is 2.19. The molecular weight excluding hydrogens is 252 g/mol. The molecule has 0 saturated carbocycles. The van der Waals surface area contributed by atoms with E-state index in [1.165, 1.54) is 0 Å². The Morgan fingerprint density at radius 2 is 2.20 bits per heavy atom. The van der Waals surface area contributed by atoms with Gasteiger partial charge in [-0.25, -0.2) is 0 Å². The van der Waals surface area contributed by atoms with E-state index in [1.807, 2.05) is 18.2 Å². The summed E-state index contributed by atoms with van der Waals surface area (Å²) in [4.78, 5) is 0. The van der Waals surface area contributed by atoms with Crippen LogP contribution in [-0.4, -0.2) is 26.4 Å². The molecule has 0 aromatic heterocycles. The molecule has 1 aromatic rings. The summed E-state index contributed by atoms with van der Waals surface area (Å²) in [6.45, 7) is 4.78. The molecule has 0 amide bonds. The average molecular weight is 274 g/mol. The lowest BCUT2D eigenvalue weighted by atomic mass is 9.93. The smallest absolute Gasteiger partial charge is 0.136 e. The van der Waals surface area contributed by atoms with Gasteiger partial charge < -0.3 is 14.8 Å². The van der Waals surface area contributed by atoms with Crippen LogP contribution in [0.2, 0.25) is 0 Å². The Hall–Kier alpha value is -1.57. The van der Waals surface area contributed by atoms with Gasteiger partial charge >= 0.3 is 0 Å². The molecular formula is C16H22N2O2. The summed E-state index contributed by atoms with van der Waals surface area (Å²) in [6.07, 6.45) is 2.26. The normalized spacial score (nSPS) is 17.4. The first-order chi connectivity index (χ1) is 9.74. The first-order valence-corrected chi connectivity index (χ1v) is 7.12. The second-order valence-corrected chi connectivity index (χ2v) is 5.27. The summed E-state index contributed by atoms with van der Waals surface area (Å²) in [7, 11) is 1.60. The van der Waals surface area contributed by atoms with E-state index in [9.17, 15) is 0 Å². The molecule has 4 heteroatoms. The fourth-order valence-electron chi connectivity index (χ4n) is 2.60. The molecule has 0 bridgehead atoms. The topological polar surface area (TPSA) is 54.3 Å². The van der Waals surface area contributed by atoms with Crippen LogP contribution >= 0.6 is 0 Å². The van der Waals surface area contributed by atoms with E-state index in [0.717, 1.165) is 38.2 Å². The van der Waals surface area contributed by atoms with Crippen LogP contribution in [-0.2, 0) is 11.3 Å². The Morgan fingerprint density at radius 1 is 1.45 bits per heavy atom. The van der Waals surface area contributed by atoms with Crippen molar-refractivity contribution in [1.82, 2.24) is 5.32 Å². The van der Waals surface area contributed by atoms with Gasteiger partial charge in [0.1, 0.15) is 11.8 Å².